The third kappa shape index (κ3) is 2.37. The summed E-state index contributed by atoms with van der Waals surface area (Å²) in [5.74, 6) is 1.43. The fourth-order valence-electron chi connectivity index (χ4n) is 1.68. The summed E-state index contributed by atoms with van der Waals surface area (Å²) < 4.78 is 16.3. The van der Waals surface area contributed by atoms with E-state index in [1.165, 1.54) is 12.3 Å². The van der Waals surface area contributed by atoms with E-state index in [4.69, 9.17) is 14.2 Å². The van der Waals surface area contributed by atoms with Gasteiger partial charge >= 0.3 is 5.69 Å². The van der Waals surface area contributed by atoms with Crippen LogP contribution in [0.5, 0.6) is 23.1 Å². The van der Waals surface area contributed by atoms with Crippen molar-refractivity contribution in [1.82, 2.24) is 4.98 Å². The van der Waals surface area contributed by atoms with E-state index in [1.807, 2.05) is 0 Å². The van der Waals surface area contributed by atoms with Gasteiger partial charge in [0.05, 0.1) is 4.92 Å². The predicted molar refractivity (Wildman–Crippen MR) is 71.2 cm³/mol. The highest BCUT2D eigenvalue weighted by molar-refractivity contribution is 9.10. The van der Waals surface area contributed by atoms with E-state index in [1.54, 1.807) is 18.2 Å². The van der Waals surface area contributed by atoms with Crippen LogP contribution in [0.15, 0.2) is 34.9 Å². The number of pyridine rings is 1. The molecule has 2 aromatic rings. The largest absolute Gasteiger partial charge is 0.454 e. The molecular weight excluding hydrogens is 332 g/mol. The summed E-state index contributed by atoms with van der Waals surface area (Å²) in [6, 6.07) is 6.22. The third-order valence-electron chi connectivity index (χ3n) is 2.55. The van der Waals surface area contributed by atoms with Gasteiger partial charge in [-0.2, -0.15) is 0 Å². The molecule has 0 unspecified atom stereocenters. The number of hydrogen-bond acceptors (Lipinski definition) is 6. The van der Waals surface area contributed by atoms with E-state index in [-0.39, 0.29) is 18.4 Å². The van der Waals surface area contributed by atoms with Crippen molar-refractivity contribution in [3.63, 3.8) is 0 Å². The van der Waals surface area contributed by atoms with E-state index in [0.717, 1.165) is 0 Å². The van der Waals surface area contributed by atoms with Crippen molar-refractivity contribution >= 4 is 21.6 Å². The number of aromatic nitrogens is 1. The molecule has 0 radical (unpaired) electrons. The zero-order chi connectivity index (χ0) is 14.1. The topological polar surface area (TPSA) is 83.7 Å². The fraction of sp³-hybridized carbons (Fsp3) is 0.0833. The Balaban J connectivity index is 1.93. The van der Waals surface area contributed by atoms with Crippen LogP contribution in [0.4, 0.5) is 5.69 Å². The Morgan fingerprint density at radius 1 is 1.30 bits per heavy atom. The molecule has 1 aromatic heterocycles. The highest BCUT2D eigenvalue weighted by atomic mass is 79.9. The van der Waals surface area contributed by atoms with Crippen molar-refractivity contribution < 1.29 is 19.1 Å². The summed E-state index contributed by atoms with van der Waals surface area (Å²) in [6.07, 6.45) is 1.43. The smallest absolute Gasteiger partial charge is 0.332 e. The van der Waals surface area contributed by atoms with Crippen LogP contribution in [-0.4, -0.2) is 16.7 Å². The molecule has 1 aliphatic heterocycles. The zero-order valence-corrected chi connectivity index (χ0v) is 11.5. The van der Waals surface area contributed by atoms with E-state index in [2.05, 4.69) is 20.9 Å². The maximum absolute atomic E-state index is 11.0. The van der Waals surface area contributed by atoms with Gasteiger partial charge in [0.15, 0.2) is 11.5 Å². The first-order valence-corrected chi connectivity index (χ1v) is 6.30. The van der Waals surface area contributed by atoms with Gasteiger partial charge in [-0.05, 0) is 28.1 Å². The molecular formula is C12H7BrN2O5. The van der Waals surface area contributed by atoms with E-state index < -0.39 is 4.92 Å². The molecule has 0 saturated carbocycles. The number of ether oxygens (including phenoxy) is 3. The molecule has 1 aromatic carbocycles. The van der Waals surface area contributed by atoms with E-state index in [9.17, 15) is 10.1 Å². The van der Waals surface area contributed by atoms with Crippen LogP contribution >= 0.6 is 15.9 Å². The second-order valence-electron chi connectivity index (χ2n) is 3.85. The Bertz CT molecular complexity index is 692. The molecule has 0 fully saturated rings. The minimum atomic E-state index is -0.555. The van der Waals surface area contributed by atoms with Gasteiger partial charge < -0.3 is 14.2 Å². The Kier molecular flexibility index (Phi) is 3.15. The summed E-state index contributed by atoms with van der Waals surface area (Å²) in [5, 5.41) is 11.0. The highest BCUT2D eigenvalue weighted by Crippen LogP contribution is 2.38. The molecule has 7 nitrogen and oxygen atoms in total. The lowest BCUT2D eigenvalue weighted by Crippen LogP contribution is -1.96. The summed E-state index contributed by atoms with van der Waals surface area (Å²) >= 11 is 3.13. The minimum Gasteiger partial charge on any atom is -0.454 e. The van der Waals surface area contributed by atoms with Crippen LogP contribution < -0.4 is 14.2 Å². The number of nitro groups is 1. The maximum atomic E-state index is 11.0. The first-order valence-electron chi connectivity index (χ1n) is 5.51. The predicted octanol–water partition coefficient (Wildman–Crippen LogP) is 3.27. The molecule has 20 heavy (non-hydrogen) atoms. The first-order chi connectivity index (χ1) is 9.63. The van der Waals surface area contributed by atoms with Crippen LogP contribution in [-0.2, 0) is 0 Å². The van der Waals surface area contributed by atoms with Gasteiger partial charge in [-0.1, -0.05) is 0 Å². The van der Waals surface area contributed by atoms with Gasteiger partial charge in [-0.25, -0.2) is 4.98 Å². The Morgan fingerprint density at radius 3 is 2.90 bits per heavy atom. The number of fused-ring (bicyclic) bond motifs is 1. The lowest BCUT2D eigenvalue weighted by molar-refractivity contribution is -0.386. The zero-order valence-electron chi connectivity index (χ0n) is 9.91. The minimum absolute atomic E-state index is 0.0861. The van der Waals surface area contributed by atoms with Crippen molar-refractivity contribution in [2.24, 2.45) is 0 Å². The Hall–Kier alpha value is -2.35. The average Bonchev–Trinajstić information content (AvgIpc) is 2.88. The standard InChI is InChI=1S/C12H7BrN2O5/c13-7-3-9(15(16)17)12(14-5-7)20-8-1-2-10-11(4-8)19-6-18-10/h1-5H,6H2. The van der Waals surface area contributed by atoms with Crippen LogP contribution in [0.25, 0.3) is 0 Å². The molecule has 0 amide bonds. The van der Waals surface area contributed by atoms with Gasteiger partial charge in [0, 0.05) is 22.8 Å². The molecule has 102 valence electrons. The Morgan fingerprint density at radius 2 is 2.10 bits per heavy atom. The molecule has 1 aliphatic rings. The van der Waals surface area contributed by atoms with E-state index in [0.29, 0.717) is 21.7 Å². The number of nitrogens with zero attached hydrogens (tertiary/aromatic N) is 2. The number of halogens is 1. The molecule has 2 heterocycles. The van der Waals surface area contributed by atoms with Crippen molar-refractivity contribution in [1.29, 1.82) is 0 Å². The van der Waals surface area contributed by atoms with E-state index >= 15 is 0 Å². The van der Waals surface area contributed by atoms with Gasteiger partial charge in [0.1, 0.15) is 5.75 Å². The highest BCUT2D eigenvalue weighted by Gasteiger charge is 2.20. The second kappa shape index (κ2) is 4.97. The maximum Gasteiger partial charge on any atom is 0.332 e. The monoisotopic (exact) mass is 338 g/mol. The summed E-state index contributed by atoms with van der Waals surface area (Å²) in [6.45, 7) is 0.148. The van der Waals surface area contributed by atoms with Crippen molar-refractivity contribution in [3.8, 4) is 23.1 Å². The molecule has 8 heteroatoms. The van der Waals surface area contributed by atoms with Gasteiger partial charge in [-0.3, -0.25) is 10.1 Å². The van der Waals surface area contributed by atoms with Crippen LogP contribution in [0.3, 0.4) is 0 Å². The molecule has 0 aliphatic carbocycles. The third-order valence-corrected chi connectivity index (χ3v) is 2.99. The molecule has 0 N–H and O–H groups in total. The number of rotatable bonds is 3. The van der Waals surface area contributed by atoms with Crippen LogP contribution in [0.2, 0.25) is 0 Å². The first kappa shape index (κ1) is 12.7. The molecule has 0 bridgehead atoms. The number of hydrogen-bond donors (Lipinski definition) is 0. The molecule has 0 saturated heterocycles. The quantitative estimate of drug-likeness (QED) is 0.630. The van der Waals surface area contributed by atoms with Crippen LogP contribution in [0.1, 0.15) is 0 Å². The average molecular weight is 339 g/mol. The van der Waals surface area contributed by atoms with Gasteiger partial charge in [0.2, 0.25) is 6.79 Å². The van der Waals surface area contributed by atoms with Crippen LogP contribution in [0, 0.1) is 10.1 Å². The number of benzene rings is 1. The Labute approximate surface area is 121 Å². The summed E-state index contributed by atoms with van der Waals surface area (Å²) in [7, 11) is 0. The SMILES string of the molecule is O=[N+]([O-])c1cc(Br)cnc1Oc1ccc2c(c1)OCO2. The van der Waals surface area contributed by atoms with Gasteiger partial charge in [-0.15, -0.1) is 0 Å². The fourth-order valence-corrected chi connectivity index (χ4v) is 2.00. The lowest BCUT2D eigenvalue weighted by atomic mass is 10.3. The lowest BCUT2D eigenvalue weighted by Gasteiger charge is -2.06. The van der Waals surface area contributed by atoms with Gasteiger partial charge in [0.25, 0.3) is 5.88 Å². The normalized spacial score (nSPS) is 12.2. The molecule has 0 spiro atoms. The summed E-state index contributed by atoms with van der Waals surface area (Å²) in [4.78, 5) is 14.3. The second-order valence-corrected chi connectivity index (χ2v) is 4.77. The molecule has 0 atom stereocenters. The van der Waals surface area contributed by atoms with Crippen molar-refractivity contribution in [2.45, 2.75) is 0 Å². The van der Waals surface area contributed by atoms with Crippen molar-refractivity contribution in [3.05, 3.63) is 45.0 Å². The molecule has 3 rings (SSSR count). The van der Waals surface area contributed by atoms with Crippen molar-refractivity contribution in [2.75, 3.05) is 6.79 Å². The summed E-state index contributed by atoms with van der Waals surface area (Å²) in [5.41, 5.74) is -0.225.